The van der Waals surface area contributed by atoms with Crippen LogP contribution < -0.4 is 5.32 Å². The zero-order chi connectivity index (χ0) is 31.6. The van der Waals surface area contributed by atoms with Crippen molar-refractivity contribution >= 4 is 113 Å². The molecule has 0 aromatic heterocycles. The molecular weight excluding hydrogens is 640 g/mol. The third kappa shape index (κ3) is 13.0. The van der Waals surface area contributed by atoms with Crippen molar-refractivity contribution in [2.75, 3.05) is 5.32 Å². The molecule has 0 saturated heterocycles. The number of amides is 1. The molecule has 4 N–H and O–H groups in total. The Morgan fingerprint density at radius 3 is 1.84 bits per heavy atom. The Morgan fingerprint density at radius 1 is 0.778 bits per heavy atom. The number of nitrogens with one attached hydrogen (secondary N) is 1. The van der Waals surface area contributed by atoms with Gasteiger partial charge in [-0.25, -0.2) is 0 Å². The number of anilines is 1. The molecule has 3 aromatic carbocycles. The van der Waals surface area contributed by atoms with Gasteiger partial charge in [0.25, 0.3) is 20.2 Å². The second-order valence-corrected chi connectivity index (χ2v) is 13.4. The molecule has 0 aliphatic heterocycles. The predicted molar refractivity (Wildman–Crippen MR) is 180 cm³/mol. The Kier molecular flexibility index (Phi) is 18.0. The number of nitrogens with zero attached hydrogens (tertiary/aromatic N) is 2. The van der Waals surface area contributed by atoms with Gasteiger partial charge in [0.05, 0.1) is 16.3 Å². The predicted octanol–water partition coefficient (Wildman–Crippen LogP) is 6.58. The second kappa shape index (κ2) is 19.4. The van der Waals surface area contributed by atoms with E-state index in [9.17, 15) is 35.8 Å². The molecule has 3 aromatic rings. The van der Waals surface area contributed by atoms with E-state index in [1.165, 1.54) is 51.4 Å². The number of hydrogen-bond donors (Lipinski definition) is 4. The molecule has 45 heavy (non-hydrogen) atoms. The van der Waals surface area contributed by atoms with Crippen LogP contribution in [0.1, 0.15) is 83.6 Å². The molecule has 11 nitrogen and oxygen atoms in total. The van der Waals surface area contributed by atoms with Crippen molar-refractivity contribution in [1.29, 1.82) is 0 Å². The standard InChI is InChI=1S/C30H39N3O8S2.2Na.2H/c1-3-4-5-6-7-8-9-10-11-12-13-22-14-16-24(17-15-22)32-33-29-27(43(39,40)41)19-23-18-25(42(36,37)38)20-26(31-21(2)34)28(23)30(29)35;;;;/h14-20,35H,3-13H2,1-2H3,(H,31,34)(H,36,37,38)(H,39,40,41);;;;. The minimum atomic E-state index is -4.98. The van der Waals surface area contributed by atoms with Crippen molar-refractivity contribution in [3.63, 3.8) is 0 Å². The van der Waals surface area contributed by atoms with Crippen LogP contribution >= 0.6 is 0 Å². The number of carbonyl (C=O) groups is 1. The average Bonchev–Trinajstić information content (AvgIpc) is 2.92. The third-order valence-corrected chi connectivity index (χ3v) is 8.73. The van der Waals surface area contributed by atoms with E-state index in [-0.39, 0.29) is 75.6 Å². The van der Waals surface area contributed by atoms with E-state index in [1.54, 1.807) is 12.1 Å². The maximum absolute atomic E-state index is 12.2. The molecule has 0 bridgehead atoms. The number of azo groups is 1. The molecule has 0 spiro atoms. The number of phenols is 1. The first-order valence-electron chi connectivity index (χ1n) is 14.4. The van der Waals surface area contributed by atoms with Crippen molar-refractivity contribution in [2.24, 2.45) is 10.2 Å². The number of benzene rings is 3. The van der Waals surface area contributed by atoms with Crippen LogP contribution in [0.4, 0.5) is 17.1 Å². The van der Waals surface area contributed by atoms with E-state index in [1.807, 2.05) is 12.1 Å². The summed E-state index contributed by atoms with van der Waals surface area (Å²) in [6.07, 6.45) is 13.4. The third-order valence-electron chi connectivity index (χ3n) is 7.03. The van der Waals surface area contributed by atoms with Crippen LogP contribution in [0.3, 0.4) is 0 Å². The summed E-state index contributed by atoms with van der Waals surface area (Å²) in [7, 11) is -9.76. The normalized spacial score (nSPS) is 11.7. The van der Waals surface area contributed by atoms with E-state index in [2.05, 4.69) is 22.5 Å². The molecular formula is C30H41N3Na2O8S2. The summed E-state index contributed by atoms with van der Waals surface area (Å²) in [6, 6.07) is 9.83. The summed E-state index contributed by atoms with van der Waals surface area (Å²) < 4.78 is 67.3. The first-order valence-corrected chi connectivity index (χ1v) is 17.3. The van der Waals surface area contributed by atoms with Gasteiger partial charge in [0.15, 0.2) is 5.75 Å². The average molecular weight is 682 g/mol. The Hall–Kier alpha value is -1.39. The molecule has 0 aliphatic carbocycles. The van der Waals surface area contributed by atoms with E-state index in [4.69, 9.17) is 0 Å². The number of aryl methyl sites for hydroxylation is 1. The summed E-state index contributed by atoms with van der Waals surface area (Å²) in [4.78, 5) is 10.2. The van der Waals surface area contributed by atoms with Gasteiger partial charge in [-0.2, -0.15) is 21.9 Å². The number of phenolic OH excluding ortho intramolecular Hbond substituents is 1. The van der Waals surface area contributed by atoms with Gasteiger partial charge in [-0.1, -0.05) is 76.8 Å². The zero-order valence-electron chi connectivity index (χ0n) is 24.4. The number of rotatable bonds is 16. The van der Waals surface area contributed by atoms with Crippen LogP contribution in [0.5, 0.6) is 5.75 Å². The van der Waals surface area contributed by atoms with Crippen molar-refractivity contribution in [3.8, 4) is 5.75 Å². The number of fused-ring (bicyclic) bond motifs is 1. The fourth-order valence-electron chi connectivity index (χ4n) is 4.84. The van der Waals surface area contributed by atoms with E-state index < -0.39 is 47.4 Å². The van der Waals surface area contributed by atoms with Gasteiger partial charge in [0, 0.05) is 12.3 Å². The van der Waals surface area contributed by atoms with Gasteiger partial charge in [0.2, 0.25) is 5.91 Å². The first kappa shape index (κ1) is 41.6. The van der Waals surface area contributed by atoms with Crippen LogP contribution in [-0.4, -0.2) is 96.1 Å². The molecule has 238 valence electrons. The van der Waals surface area contributed by atoms with Crippen molar-refractivity contribution in [1.82, 2.24) is 0 Å². The molecule has 0 saturated carbocycles. The number of carbonyl (C=O) groups excluding carboxylic acids is 1. The molecule has 1 amide bonds. The van der Waals surface area contributed by atoms with Crippen LogP contribution in [0.15, 0.2) is 62.5 Å². The fourth-order valence-corrected chi connectivity index (χ4v) is 6.04. The molecule has 0 atom stereocenters. The van der Waals surface area contributed by atoms with Gasteiger partial charge >= 0.3 is 59.1 Å². The number of hydrogen-bond acceptors (Lipinski definition) is 8. The van der Waals surface area contributed by atoms with Crippen molar-refractivity contribution in [3.05, 3.63) is 48.0 Å². The van der Waals surface area contributed by atoms with E-state index >= 15 is 0 Å². The van der Waals surface area contributed by atoms with Crippen LogP contribution in [0, 0.1) is 0 Å². The van der Waals surface area contributed by atoms with Gasteiger partial charge in [-0.15, -0.1) is 5.11 Å². The SMILES string of the molecule is CCCCCCCCCCCCc1ccc(N=Nc2c(S(=O)(=O)O)cc3cc(S(=O)(=O)O)cc(NC(C)=O)c3c2O)cc1.[NaH].[NaH]. The molecule has 3 rings (SSSR count). The van der Waals surface area contributed by atoms with Gasteiger partial charge in [0.1, 0.15) is 10.6 Å². The van der Waals surface area contributed by atoms with Crippen molar-refractivity contribution < 1.29 is 35.8 Å². The number of aromatic hydroxyl groups is 1. The fraction of sp³-hybridized carbons (Fsp3) is 0.433. The molecule has 15 heteroatoms. The van der Waals surface area contributed by atoms with Gasteiger partial charge < -0.3 is 10.4 Å². The number of unbranched alkanes of at least 4 members (excludes halogenated alkanes) is 9. The summed E-state index contributed by atoms with van der Waals surface area (Å²) >= 11 is 0. The van der Waals surface area contributed by atoms with Crippen LogP contribution in [0.25, 0.3) is 10.8 Å². The topological polar surface area (TPSA) is 183 Å². The summed E-state index contributed by atoms with van der Waals surface area (Å²) in [5.74, 6) is -1.41. The summed E-state index contributed by atoms with van der Waals surface area (Å²) in [5.41, 5.74) is 0.622. The van der Waals surface area contributed by atoms with E-state index in [0.717, 1.165) is 49.9 Å². The summed E-state index contributed by atoms with van der Waals surface area (Å²) in [6.45, 7) is 3.36. The molecule has 0 radical (unpaired) electrons. The summed E-state index contributed by atoms with van der Waals surface area (Å²) in [5, 5.41) is 20.9. The Labute approximate surface area is 309 Å². The minimum absolute atomic E-state index is 0. The Balaban J connectivity index is 0.00000506. The Morgan fingerprint density at radius 2 is 1.33 bits per heavy atom. The first-order chi connectivity index (χ1) is 20.3. The Bertz CT molecular complexity index is 1680. The van der Waals surface area contributed by atoms with E-state index in [0.29, 0.717) is 5.69 Å². The second-order valence-electron chi connectivity index (χ2n) is 10.6. The molecule has 0 aliphatic rings. The van der Waals surface area contributed by atoms with Crippen LogP contribution in [-0.2, 0) is 31.5 Å². The monoisotopic (exact) mass is 681 g/mol. The van der Waals surface area contributed by atoms with Gasteiger partial charge in [-0.05, 0) is 54.1 Å². The quantitative estimate of drug-likeness (QED) is 0.0566. The maximum atomic E-state index is 12.2. The van der Waals surface area contributed by atoms with Gasteiger partial charge in [-0.3, -0.25) is 13.9 Å². The van der Waals surface area contributed by atoms with Crippen molar-refractivity contribution in [2.45, 2.75) is 94.3 Å². The van der Waals surface area contributed by atoms with Crippen LogP contribution in [0.2, 0.25) is 0 Å². The molecule has 0 fully saturated rings. The molecule has 0 unspecified atom stereocenters. The molecule has 0 heterocycles. The zero-order valence-corrected chi connectivity index (χ0v) is 26.0.